The van der Waals surface area contributed by atoms with Crippen LogP contribution in [0.25, 0.3) is 5.69 Å². The minimum atomic E-state index is -2.79. The van der Waals surface area contributed by atoms with Gasteiger partial charge < -0.3 is 0 Å². The molecule has 7 heteroatoms. The molecule has 140 valence electrons. The maximum atomic E-state index is 11.6. The topological polar surface area (TPSA) is 58.4 Å². The molecule has 0 unspecified atom stereocenters. The summed E-state index contributed by atoms with van der Waals surface area (Å²) in [5.74, 6) is 0.654. The number of likely N-dealkylation sites (tertiary alicyclic amines) is 1. The van der Waals surface area contributed by atoms with Crippen molar-refractivity contribution in [3.05, 3.63) is 48.3 Å². The van der Waals surface area contributed by atoms with Crippen molar-refractivity contribution in [2.75, 3.05) is 37.7 Å². The molecule has 2 aromatic rings. The maximum absolute atomic E-state index is 11.6. The molecule has 0 spiro atoms. The van der Waals surface area contributed by atoms with Crippen LogP contribution >= 0.6 is 0 Å². The molecule has 0 bridgehead atoms. The van der Waals surface area contributed by atoms with Crippen LogP contribution in [0.3, 0.4) is 0 Å². The predicted octanol–water partition coefficient (Wildman–Crippen LogP) is 1.57. The third-order valence-electron chi connectivity index (χ3n) is 5.54. The molecule has 2 aliphatic heterocycles. The zero-order chi connectivity index (χ0) is 18.0. The minimum Gasteiger partial charge on any atom is -0.299 e. The molecular weight excluding hydrogens is 348 g/mol. The lowest BCUT2D eigenvalue weighted by molar-refractivity contribution is 0.111. The second-order valence-corrected chi connectivity index (χ2v) is 9.62. The van der Waals surface area contributed by atoms with Gasteiger partial charge in [-0.25, -0.2) is 13.1 Å². The van der Waals surface area contributed by atoms with Gasteiger partial charge in [-0.3, -0.25) is 9.80 Å². The van der Waals surface area contributed by atoms with Crippen molar-refractivity contribution in [1.29, 1.82) is 0 Å². The fraction of sp³-hybridized carbons (Fsp3) is 0.526. The highest BCUT2D eigenvalue weighted by Gasteiger charge is 2.29. The molecule has 0 amide bonds. The molecule has 0 N–H and O–H groups in total. The van der Waals surface area contributed by atoms with Crippen molar-refractivity contribution < 1.29 is 8.42 Å². The molecule has 2 aliphatic rings. The molecule has 4 rings (SSSR count). The molecule has 26 heavy (non-hydrogen) atoms. The normalized spacial score (nSPS) is 22.5. The van der Waals surface area contributed by atoms with E-state index in [0.29, 0.717) is 30.6 Å². The van der Waals surface area contributed by atoms with Crippen molar-refractivity contribution in [2.45, 2.75) is 25.4 Å². The Morgan fingerprint density at radius 3 is 2.50 bits per heavy atom. The van der Waals surface area contributed by atoms with Gasteiger partial charge in [-0.1, -0.05) is 12.1 Å². The van der Waals surface area contributed by atoms with Crippen LogP contribution in [-0.4, -0.2) is 71.7 Å². The Bertz CT molecular complexity index is 813. The van der Waals surface area contributed by atoms with E-state index in [4.69, 9.17) is 0 Å². The first-order valence-corrected chi connectivity index (χ1v) is 11.2. The second-order valence-electron chi connectivity index (χ2n) is 7.32. The number of aromatic nitrogens is 2. The molecule has 0 aliphatic carbocycles. The molecule has 6 nitrogen and oxygen atoms in total. The van der Waals surface area contributed by atoms with Crippen LogP contribution in [0.15, 0.2) is 42.7 Å². The van der Waals surface area contributed by atoms with Crippen molar-refractivity contribution in [2.24, 2.45) is 0 Å². The lowest BCUT2D eigenvalue weighted by atomic mass is 10.0. The van der Waals surface area contributed by atoms with Gasteiger partial charge in [-0.05, 0) is 49.7 Å². The number of rotatable bonds is 4. The quantitative estimate of drug-likeness (QED) is 0.813. The molecular formula is C19H26N4O2S. The van der Waals surface area contributed by atoms with Crippen LogP contribution in [0.1, 0.15) is 18.4 Å². The fourth-order valence-electron chi connectivity index (χ4n) is 4.01. The Labute approximate surface area is 155 Å². The Morgan fingerprint density at radius 1 is 1.04 bits per heavy atom. The van der Waals surface area contributed by atoms with Gasteiger partial charge in [0.2, 0.25) is 0 Å². The van der Waals surface area contributed by atoms with Crippen LogP contribution in [0.2, 0.25) is 0 Å². The van der Waals surface area contributed by atoms with Crippen LogP contribution < -0.4 is 0 Å². The van der Waals surface area contributed by atoms with E-state index in [2.05, 4.69) is 39.2 Å². The molecule has 0 atom stereocenters. The summed E-state index contributed by atoms with van der Waals surface area (Å²) in [5, 5.41) is 4.30. The van der Waals surface area contributed by atoms with Crippen LogP contribution in [-0.2, 0) is 16.4 Å². The van der Waals surface area contributed by atoms with Gasteiger partial charge in [0.05, 0.1) is 17.2 Å². The average Bonchev–Trinajstić information content (AvgIpc) is 3.18. The first-order chi connectivity index (χ1) is 12.6. The monoisotopic (exact) mass is 374 g/mol. The van der Waals surface area contributed by atoms with Crippen LogP contribution in [0.5, 0.6) is 0 Å². The van der Waals surface area contributed by atoms with Crippen molar-refractivity contribution >= 4 is 9.84 Å². The minimum absolute atomic E-state index is 0.327. The third kappa shape index (κ3) is 4.16. The summed E-state index contributed by atoms with van der Waals surface area (Å²) in [6.07, 6.45) is 6.00. The summed E-state index contributed by atoms with van der Waals surface area (Å²) in [5.41, 5.74) is 2.40. The Balaban J connectivity index is 1.31. The third-order valence-corrected chi connectivity index (χ3v) is 7.15. The Kier molecular flexibility index (Phi) is 5.11. The highest BCUT2D eigenvalue weighted by molar-refractivity contribution is 7.91. The smallest absolute Gasteiger partial charge is 0.152 e. The van der Waals surface area contributed by atoms with E-state index in [1.165, 1.54) is 5.56 Å². The van der Waals surface area contributed by atoms with E-state index in [-0.39, 0.29) is 0 Å². The maximum Gasteiger partial charge on any atom is 0.152 e. The lowest BCUT2D eigenvalue weighted by Crippen LogP contribution is -2.50. The first kappa shape index (κ1) is 17.7. The van der Waals surface area contributed by atoms with Gasteiger partial charge in [-0.2, -0.15) is 5.10 Å². The average molecular weight is 375 g/mol. The molecule has 0 radical (unpaired) electrons. The van der Waals surface area contributed by atoms with E-state index < -0.39 is 9.84 Å². The van der Waals surface area contributed by atoms with E-state index in [0.717, 1.165) is 38.2 Å². The van der Waals surface area contributed by atoms with Crippen LogP contribution in [0, 0.1) is 0 Å². The summed E-state index contributed by atoms with van der Waals surface area (Å²) in [4.78, 5) is 4.89. The number of sulfone groups is 1. The van der Waals surface area contributed by atoms with E-state index in [9.17, 15) is 8.42 Å². The highest BCUT2D eigenvalue weighted by atomic mass is 32.2. The second kappa shape index (κ2) is 7.50. The van der Waals surface area contributed by atoms with Crippen LogP contribution in [0.4, 0.5) is 0 Å². The molecule has 3 heterocycles. The molecule has 1 aromatic carbocycles. The van der Waals surface area contributed by atoms with Crippen molar-refractivity contribution in [3.63, 3.8) is 0 Å². The van der Waals surface area contributed by atoms with Crippen molar-refractivity contribution in [3.8, 4) is 5.69 Å². The largest absolute Gasteiger partial charge is 0.299 e. The summed E-state index contributed by atoms with van der Waals surface area (Å²) < 4.78 is 25.1. The standard InChI is InChI=1S/C19H26N4O2S/c24-26(25)13-11-22(12-14-26)18-5-9-21(10-6-18)16-17-3-1-4-19(15-17)23-8-2-7-20-23/h1-4,7-8,15,18H,5-6,9-14,16H2. The number of hydrogen-bond acceptors (Lipinski definition) is 5. The Morgan fingerprint density at radius 2 is 1.81 bits per heavy atom. The number of nitrogens with zero attached hydrogens (tertiary/aromatic N) is 4. The summed E-state index contributed by atoms with van der Waals surface area (Å²) in [6, 6.07) is 11.0. The summed E-state index contributed by atoms with van der Waals surface area (Å²) in [7, 11) is -2.79. The van der Waals surface area contributed by atoms with Gasteiger partial charge in [0, 0.05) is 38.1 Å². The fourth-order valence-corrected chi connectivity index (χ4v) is 5.24. The van der Waals surface area contributed by atoms with Gasteiger partial charge in [0.25, 0.3) is 0 Å². The highest BCUT2D eigenvalue weighted by Crippen LogP contribution is 2.21. The first-order valence-electron chi connectivity index (χ1n) is 9.35. The zero-order valence-electron chi connectivity index (χ0n) is 15.0. The van der Waals surface area contributed by atoms with E-state index >= 15 is 0 Å². The summed E-state index contributed by atoms with van der Waals surface area (Å²) >= 11 is 0. The molecule has 0 saturated carbocycles. The van der Waals surface area contributed by atoms with E-state index in [1.807, 2.05) is 16.9 Å². The SMILES string of the molecule is O=S1(=O)CCN(C2CCN(Cc3cccc(-n4cccn4)c3)CC2)CC1. The van der Waals surface area contributed by atoms with Gasteiger partial charge in [-0.15, -0.1) is 0 Å². The number of piperidine rings is 1. The molecule has 1 aromatic heterocycles. The predicted molar refractivity (Wildman–Crippen MR) is 102 cm³/mol. The Hall–Kier alpha value is -1.70. The number of hydrogen-bond donors (Lipinski definition) is 0. The number of benzene rings is 1. The lowest BCUT2D eigenvalue weighted by Gasteiger charge is -2.40. The summed E-state index contributed by atoms with van der Waals surface area (Å²) in [6.45, 7) is 4.51. The van der Waals surface area contributed by atoms with Gasteiger partial charge in [0.15, 0.2) is 9.84 Å². The van der Waals surface area contributed by atoms with Gasteiger partial charge in [0.1, 0.15) is 0 Å². The zero-order valence-corrected chi connectivity index (χ0v) is 15.8. The molecule has 2 fully saturated rings. The van der Waals surface area contributed by atoms with E-state index in [1.54, 1.807) is 6.20 Å². The van der Waals surface area contributed by atoms with Gasteiger partial charge >= 0.3 is 0 Å². The van der Waals surface area contributed by atoms with Crippen molar-refractivity contribution in [1.82, 2.24) is 19.6 Å². The molecule has 2 saturated heterocycles.